The lowest BCUT2D eigenvalue weighted by atomic mass is 9.63. The fourth-order valence-corrected chi connectivity index (χ4v) is 5.35. The molecule has 1 aromatic rings. The van der Waals surface area contributed by atoms with Gasteiger partial charge in [0.05, 0.1) is 23.1 Å². The Labute approximate surface area is 158 Å². The van der Waals surface area contributed by atoms with Crippen molar-refractivity contribution in [2.24, 2.45) is 35.5 Å². The highest BCUT2D eigenvalue weighted by Gasteiger charge is 2.67. The zero-order valence-corrected chi connectivity index (χ0v) is 14.6. The third-order valence-corrected chi connectivity index (χ3v) is 6.56. The fourth-order valence-electron chi connectivity index (χ4n) is 5.35. The number of nitrogens with one attached hydrogen (secondary N) is 1. The number of carbonyl (C=O) groups excluding carboxylic acids is 3. The van der Waals surface area contributed by atoms with Crippen LogP contribution in [-0.2, 0) is 20.6 Å². The molecule has 0 radical (unpaired) electrons. The summed E-state index contributed by atoms with van der Waals surface area (Å²) in [5.74, 6) is -1.46. The maximum atomic E-state index is 13.1. The molecule has 0 aromatic heterocycles. The Morgan fingerprint density at radius 2 is 1.61 bits per heavy atom. The number of carbonyl (C=O) groups is 3. The molecular weight excluding hydrogens is 373 g/mol. The van der Waals surface area contributed by atoms with E-state index in [1.165, 1.54) is 12.1 Å². The van der Waals surface area contributed by atoms with Gasteiger partial charge >= 0.3 is 6.18 Å². The molecule has 6 rings (SSSR count). The third kappa shape index (κ3) is 2.43. The number of rotatable bonds is 3. The second-order valence-electron chi connectivity index (χ2n) is 8.01. The van der Waals surface area contributed by atoms with Gasteiger partial charge in [0.15, 0.2) is 0 Å². The number of nitrogens with zero attached hydrogens (tertiary/aromatic N) is 1. The predicted molar refractivity (Wildman–Crippen MR) is 91.5 cm³/mol. The Morgan fingerprint density at radius 3 is 2.18 bits per heavy atom. The Kier molecular flexibility index (Phi) is 3.54. The Morgan fingerprint density at radius 1 is 1.04 bits per heavy atom. The van der Waals surface area contributed by atoms with Gasteiger partial charge in [0.2, 0.25) is 17.7 Å². The highest BCUT2D eigenvalue weighted by molar-refractivity contribution is 6.09. The third-order valence-electron chi connectivity index (χ3n) is 6.56. The monoisotopic (exact) mass is 390 g/mol. The number of alkyl halides is 3. The number of para-hydroxylation sites is 1. The molecule has 4 aliphatic carbocycles. The average Bonchev–Trinajstić information content (AvgIpc) is 3.42. The first kappa shape index (κ1) is 17.5. The van der Waals surface area contributed by atoms with Gasteiger partial charge in [-0.25, -0.2) is 0 Å². The normalized spacial score (nSPS) is 35.0. The molecule has 146 valence electrons. The Bertz CT molecular complexity index is 890. The first-order valence-corrected chi connectivity index (χ1v) is 9.27. The van der Waals surface area contributed by atoms with Crippen LogP contribution in [0.25, 0.3) is 0 Å². The van der Waals surface area contributed by atoms with E-state index in [0.29, 0.717) is 11.8 Å². The number of benzene rings is 1. The zero-order chi connectivity index (χ0) is 19.8. The van der Waals surface area contributed by atoms with Crippen LogP contribution in [-0.4, -0.2) is 29.2 Å². The maximum absolute atomic E-state index is 13.1. The number of hydrogen-bond acceptors (Lipinski definition) is 3. The summed E-state index contributed by atoms with van der Waals surface area (Å²) in [7, 11) is 0. The summed E-state index contributed by atoms with van der Waals surface area (Å²) in [4.78, 5) is 38.9. The van der Waals surface area contributed by atoms with Crippen molar-refractivity contribution in [1.82, 2.24) is 4.90 Å². The molecule has 1 N–H and O–H groups in total. The lowest BCUT2D eigenvalue weighted by Gasteiger charge is -2.37. The molecule has 2 saturated carbocycles. The first-order chi connectivity index (χ1) is 13.3. The number of amides is 3. The van der Waals surface area contributed by atoms with Crippen LogP contribution in [0.1, 0.15) is 12.0 Å². The van der Waals surface area contributed by atoms with Crippen LogP contribution in [0.15, 0.2) is 36.4 Å². The van der Waals surface area contributed by atoms with Gasteiger partial charge in [-0.15, -0.1) is 0 Å². The number of halogens is 3. The molecule has 1 aromatic carbocycles. The smallest absolute Gasteiger partial charge is 0.324 e. The minimum absolute atomic E-state index is 0.0375. The van der Waals surface area contributed by atoms with Crippen molar-refractivity contribution >= 4 is 23.4 Å². The maximum Gasteiger partial charge on any atom is 0.418 e. The number of allylic oxidation sites excluding steroid dienone is 2. The highest BCUT2D eigenvalue weighted by Crippen LogP contribution is 2.65. The van der Waals surface area contributed by atoms with Crippen molar-refractivity contribution in [1.29, 1.82) is 0 Å². The fraction of sp³-hybridized carbons (Fsp3) is 0.450. The van der Waals surface area contributed by atoms with Crippen molar-refractivity contribution in [3.05, 3.63) is 42.0 Å². The van der Waals surface area contributed by atoms with E-state index < -0.39 is 36.0 Å². The van der Waals surface area contributed by atoms with Crippen LogP contribution in [0, 0.1) is 35.5 Å². The van der Waals surface area contributed by atoms with E-state index >= 15 is 0 Å². The van der Waals surface area contributed by atoms with E-state index in [2.05, 4.69) is 5.32 Å². The molecule has 1 heterocycles. The molecule has 28 heavy (non-hydrogen) atoms. The molecule has 3 fully saturated rings. The van der Waals surface area contributed by atoms with Crippen molar-refractivity contribution < 1.29 is 27.6 Å². The van der Waals surface area contributed by atoms with E-state index in [4.69, 9.17) is 0 Å². The van der Waals surface area contributed by atoms with Gasteiger partial charge in [-0.2, -0.15) is 13.2 Å². The van der Waals surface area contributed by atoms with E-state index in [1.54, 1.807) is 0 Å². The van der Waals surface area contributed by atoms with E-state index in [9.17, 15) is 27.6 Å². The van der Waals surface area contributed by atoms with E-state index in [1.807, 2.05) is 12.2 Å². The van der Waals surface area contributed by atoms with Gasteiger partial charge in [-0.1, -0.05) is 24.3 Å². The number of anilines is 1. The van der Waals surface area contributed by atoms with E-state index in [0.717, 1.165) is 23.5 Å². The van der Waals surface area contributed by atoms with Gasteiger partial charge in [0.25, 0.3) is 0 Å². The van der Waals surface area contributed by atoms with Gasteiger partial charge in [0, 0.05) is 0 Å². The lowest BCUT2D eigenvalue weighted by molar-refractivity contribution is -0.143. The van der Waals surface area contributed by atoms with Gasteiger partial charge in [-0.3, -0.25) is 19.3 Å². The van der Waals surface area contributed by atoms with Gasteiger partial charge in [-0.05, 0) is 42.2 Å². The van der Waals surface area contributed by atoms with Crippen LogP contribution in [0.3, 0.4) is 0 Å². The lowest BCUT2D eigenvalue weighted by Crippen LogP contribution is -2.40. The SMILES string of the molecule is O=C(CN1C(=O)[C@@H]2[C@H]3C=C[C@@H]([C@@H]4C[C@@H]34)[C@@H]2C1=O)Nc1ccccc1C(F)(F)F. The molecule has 5 nitrogen and oxygen atoms in total. The van der Waals surface area contributed by atoms with Crippen LogP contribution in [0.5, 0.6) is 0 Å². The molecule has 8 heteroatoms. The number of hydrogen-bond donors (Lipinski definition) is 1. The summed E-state index contributed by atoms with van der Waals surface area (Å²) in [6.45, 7) is -0.564. The summed E-state index contributed by atoms with van der Waals surface area (Å²) < 4.78 is 39.3. The Hall–Kier alpha value is -2.64. The molecule has 2 bridgehead atoms. The van der Waals surface area contributed by atoms with Gasteiger partial charge < -0.3 is 5.32 Å². The second-order valence-corrected chi connectivity index (χ2v) is 8.01. The van der Waals surface area contributed by atoms with Crippen LogP contribution in [0.4, 0.5) is 18.9 Å². The minimum atomic E-state index is -4.62. The minimum Gasteiger partial charge on any atom is -0.324 e. The van der Waals surface area contributed by atoms with Crippen molar-refractivity contribution in [2.45, 2.75) is 12.6 Å². The van der Waals surface area contributed by atoms with Crippen LogP contribution in [0.2, 0.25) is 0 Å². The molecule has 1 saturated heterocycles. The van der Waals surface area contributed by atoms with Crippen LogP contribution >= 0.6 is 0 Å². The largest absolute Gasteiger partial charge is 0.418 e. The second kappa shape index (κ2) is 5.68. The number of imide groups is 1. The quantitative estimate of drug-likeness (QED) is 0.638. The standard InChI is InChI=1S/C20H17F3N2O3/c21-20(22,23)13-3-1-2-4-14(13)24-15(26)8-25-18(27)16-9-5-6-10(12-7-11(9)12)17(16)19(25)28/h1-6,9-12,16-17H,7-8H2,(H,24,26)/t9-,10-,11-,12-,16-,17+/m0/s1. The number of likely N-dealkylation sites (tertiary alicyclic amines) is 1. The first-order valence-electron chi connectivity index (χ1n) is 9.27. The molecule has 1 aliphatic heterocycles. The summed E-state index contributed by atoms with van der Waals surface area (Å²) in [5.41, 5.74) is -1.36. The van der Waals surface area contributed by atoms with Crippen LogP contribution < -0.4 is 5.32 Å². The molecule has 6 atom stereocenters. The molecule has 0 spiro atoms. The molecule has 5 aliphatic rings. The van der Waals surface area contributed by atoms with Crippen molar-refractivity contribution in [2.75, 3.05) is 11.9 Å². The predicted octanol–water partition coefficient (Wildman–Crippen LogP) is 2.70. The summed E-state index contributed by atoms with van der Waals surface area (Å²) in [6, 6.07) is 4.61. The van der Waals surface area contributed by atoms with Crippen molar-refractivity contribution in [3.8, 4) is 0 Å². The topological polar surface area (TPSA) is 66.5 Å². The highest BCUT2D eigenvalue weighted by atomic mass is 19.4. The summed E-state index contributed by atoms with van der Waals surface area (Å²) in [6.07, 6.45) is 0.456. The molecule has 3 amide bonds. The summed E-state index contributed by atoms with van der Waals surface area (Å²) >= 11 is 0. The van der Waals surface area contributed by atoms with E-state index in [-0.39, 0.29) is 29.3 Å². The van der Waals surface area contributed by atoms with Gasteiger partial charge in [0.1, 0.15) is 6.54 Å². The van der Waals surface area contributed by atoms with Crippen molar-refractivity contribution in [3.63, 3.8) is 0 Å². The zero-order valence-electron chi connectivity index (χ0n) is 14.6. The molecular formula is C20H17F3N2O3. The Balaban J connectivity index is 1.33. The average molecular weight is 390 g/mol. The summed E-state index contributed by atoms with van der Waals surface area (Å²) in [5, 5.41) is 2.20. The molecule has 0 unspecified atom stereocenters.